The van der Waals surface area contributed by atoms with E-state index < -0.39 is 0 Å². The Morgan fingerprint density at radius 1 is 1.31 bits per heavy atom. The SMILES string of the molecule is CCC(=N)N(C)CC1CCCCC1. The fourth-order valence-electron chi connectivity index (χ4n) is 2.14. The predicted molar refractivity (Wildman–Crippen MR) is 57.2 cm³/mol. The molecule has 76 valence electrons. The summed E-state index contributed by atoms with van der Waals surface area (Å²) in [6.07, 6.45) is 7.84. The van der Waals surface area contributed by atoms with Gasteiger partial charge in [0.1, 0.15) is 0 Å². The molecule has 0 aliphatic heterocycles. The number of amidine groups is 1. The highest BCUT2D eigenvalue weighted by atomic mass is 15.1. The molecule has 0 heterocycles. The third-order valence-electron chi connectivity index (χ3n) is 3.05. The molecule has 0 atom stereocenters. The van der Waals surface area contributed by atoms with Crippen LogP contribution in [0.4, 0.5) is 0 Å². The summed E-state index contributed by atoms with van der Waals surface area (Å²) in [6, 6.07) is 0. The first-order valence-electron chi connectivity index (χ1n) is 5.52. The zero-order chi connectivity index (χ0) is 9.68. The molecule has 0 aromatic rings. The Kier molecular flexibility index (Phi) is 4.26. The van der Waals surface area contributed by atoms with Crippen LogP contribution in [0.3, 0.4) is 0 Å². The highest BCUT2D eigenvalue weighted by molar-refractivity contribution is 5.78. The van der Waals surface area contributed by atoms with Gasteiger partial charge in [0.2, 0.25) is 0 Å². The van der Waals surface area contributed by atoms with Gasteiger partial charge in [-0.15, -0.1) is 0 Å². The van der Waals surface area contributed by atoms with Crippen molar-refractivity contribution in [3.63, 3.8) is 0 Å². The largest absolute Gasteiger partial charge is 0.363 e. The van der Waals surface area contributed by atoms with Crippen LogP contribution >= 0.6 is 0 Å². The van der Waals surface area contributed by atoms with Gasteiger partial charge in [-0.25, -0.2) is 0 Å². The van der Waals surface area contributed by atoms with Gasteiger partial charge in [-0.1, -0.05) is 26.2 Å². The first-order valence-corrected chi connectivity index (χ1v) is 5.52. The van der Waals surface area contributed by atoms with Crippen LogP contribution < -0.4 is 0 Å². The average molecular weight is 182 g/mol. The number of hydrogen-bond donors (Lipinski definition) is 1. The van der Waals surface area contributed by atoms with Crippen molar-refractivity contribution >= 4 is 5.84 Å². The molecule has 0 aromatic carbocycles. The van der Waals surface area contributed by atoms with Crippen molar-refractivity contribution in [3.8, 4) is 0 Å². The van der Waals surface area contributed by atoms with Crippen LogP contribution in [-0.2, 0) is 0 Å². The lowest BCUT2D eigenvalue weighted by molar-refractivity contribution is 0.293. The van der Waals surface area contributed by atoms with Crippen molar-refractivity contribution in [2.75, 3.05) is 13.6 Å². The number of hydrogen-bond acceptors (Lipinski definition) is 1. The molecule has 0 spiro atoms. The minimum absolute atomic E-state index is 0.783. The van der Waals surface area contributed by atoms with E-state index in [1.54, 1.807) is 0 Å². The van der Waals surface area contributed by atoms with Crippen molar-refractivity contribution < 1.29 is 0 Å². The number of nitrogens with one attached hydrogen (secondary N) is 1. The van der Waals surface area contributed by atoms with Crippen molar-refractivity contribution in [3.05, 3.63) is 0 Å². The third-order valence-corrected chi connectivity index (χ3v) is 3.05. The summed E-state index contributed by atoms with van der Waals surface area (Å²) >= 11 is 0. The van der Waals surface area contributed by atoms with Crippen LogP contribution in [-0.4, -0.2) is 24.3 Å². The van der Waals surface area contributed by atoms with E-state index in [0.29, 0.717) is 0 Å². The zero-order valence-electron chi connectivity index (χ0n) is 8.97. The molecule has 0 bridgehead atoms. The molecule has 0 unspecified atom stereocenters. The molecule has 1 rings (SSSR count). The molecule has 1 aliphatic carbocycles. The Bertz CT molecular complexity index is 159. The fourth-order valence-corrected chi connectivity index (χ4v) is 2.14. The van der Waals surface area contributed by atoms with E-state index in [2.05, 4.69) is 18.9 Å². The fraction of sp³-hybridized carbons (Fsp3) is 0.909. The zero-order valence-corrected chi connectivity index (χ0v) is 8.97. The Hall–Kier alpha value is -0.530. The van der Waals surface area contributed by atoms with Crippen molar-refractivity contribution in [1.29, 1.82) is 5.41 Å². The lowest BCUT2D eigenvalue weighted by atomic mass is 9.89. The summed E-state index contributed by atoms with van der Waals surface area (Å²) in [4.78, 5) is 2.12. The standard InChI is InChI=1S/C11H22N2/c1-3-11(12)13(2)9-10-7-5-4-6-8-10/h10,12H,3-9H2,1-2H3. The van der Waals surface area contributed by atoms with Crippen LogP contribution in [0.25, 0.3) is 0 Å². The van der Waals surface area contributed by atoms with E-state index in [-0.39, 0.29) is 0 Å². The molecule has 2 heteroatoms. The summed E-state index contributed by atoms with van der Waals surface area (Å²) < 4.78 is 0. The second kappa shape index (κ2) is 5.25. The molecule has 0 aromatic heterocycles. The van der Waals surface area contributed by atoms with Gasteiger partial charge in [0, 0.05) is 20.0 Å². The van der Waals surface area contributed by atoms with E-state index in [0.717, 1.165) is 24.7 Å². The molecule has 1 aliphatic rings. The number of rotatable bonds is 3. The first-order chi connectivity index (χ1) is 6.24. The van der Waals surface area contributed by atoms with Gasteiger partial charge in [-0.2, -0.15) is 0 Å². The van der Waals surface area contributed by atoms with Gasteiger partial charge in [0.25, 0.3) is 0 Å². The molecular weight excluding hydrogens is 160 g/mol. The first kappa shape index (κ1) is 10.6. The van der Waals surface area contributed by atoms with Crippen LogP contribution in [0, 0.1) is 11.3 Å². The van der Waals surface area contributed by atoms with Crippen LogP contribution in [0.1, 0.15) is 45.4 Å². The Balaban J connectivity index is 2.25. The van der Waals surface area contributed by atoms with Crippen LogP contribution in [0.2, 0.25) is 0 Å². The minimum atomic E-state index is 0.783. The van der Waals surface area contributed by atoms with Crippen LogP contribution in [0.15, 0.2) is 0 Å². The smallest absolute Gasteiger partial charge is 0.0952 e. The van der Waals surface area contributed by atoms with E-state index in [4.69, 9.17) is 5.41 Å². The molecule has 2 nitrogen and oxygen atoms in total. The normalized spacial score (nSPS) is 18.6. The highest BCUT2D eigenvalue weighted by Gasteiger charge is 2.15. The van der Waals surface area contributed by atoms with Gasteiger partial charge in [0.05, 0.1) is 5.84 Å². The van der Waals surface area contributed by atoms with Gasteiger partial charge in [-0.3, -0.25) is 5.41 Å². The lowest BCUT2D eigenvalue weighted by Crippen LogP contribution is -2.31. The quantitative estimate of drug-likeness (QED) is 0.527. The predicted octanol–water partition coefficient (Wildman–Crippen LogP) is 2.89. The molecule has 0 radical (unpaired) electrons. The summed E-state index contributed by atoms with van der Waals surface area (Å²) in [5.41, 5.74) is 0. The number of nitrogens with zero attached hydrogens (tertiary/aromatic N) is 1. The molecular formula is C11H22N2. The van der Waals surface area contributed by atoms with Gasteiger partial charge >= 0.3 is 0 Å². The summed E-state index contributed by atoms with van der Waals surface area (Å²) in [5.74, 6) is 1.64. The van der Waals surface area contributed by atoms with E-state index in [1.807, 2.05) is 0 Å². The molecule has 1 fully saturated rings. The Morgan fingerprint density at radius 3 is 2.46 bits per heavy atom. The molecule has 1 N–H and O–H groups in total. The topological polar surface area (TPSA) is 27.1 Å². The summed E-state index contributed by atoms with van der Waals surface area (Å²) in [7, 11) is 2.06. The molecule has 0 amide bonds. The van der Waals surface area contributed by atoms with Gasteiger partial charge < -0.3 is 4.90 Å². The maximum Gasteiger partial charge on any atom is 0.0952 e. The summed E-state index contributed by atoms with van der Waals surface area (Å²) in [5, 5.41) is 7.69. The monoisotopic (exact) mass is 182 g/mol. The van der Waals surface area contributed by atoms with Crippen LogP contribution in [0.5, 0.6) is 0 Å². The van der Waals surface area contributed by atoms with E-state index in [9.17, 15) is 0 Å². The average Bonchev–Trinajstić information content (AvgIpc) is 2.18. The lowest BCUT2D eigenvalue weighted by Gasteiger charge is -2.28. The Morgan fingerprint density at radius 2 is 1.92 bits per heavy atom. The van der Waals surface area contributed by atoms with Gasteiger partial charge in [-0.05, 0) is 18.8 Å². The second-order valence-electron chi connectivity index (χ2n) is 4.18. The van der Waals surface area contributed by atoms with Crippen molar-refractivity contribution in [2.24, 2.45) is 5.92 Å². The second-order valence-corrected chi connectivity index (χ2v) is 4.18. The summed E-state index contributed by atoms with van der Waals surface area (Å²) in [6.45, 7) is 3.16. The Labute approximate surface area is 81.8 Å². The maximum absolute atomic E-state index is 7.69. The molecule has 0 saturated heterocycles. The van der Waals surface area contributed by atoms with Gasteiger partial charge in [0.15, 0.2) is 0 Å². The highest BCUT2D eigenvalue weighted by Crippen LogP contribution is 2.24. The maximum atomic E-state index is 7.69. The third kappa shape index (κ3) is 3.37. The molecule has 13 heavy (non-hydrogen) atoms. The van der Waals surface area contributed by atoms with E-state index in [1.165, 1.54) is 32.1 Å². The van der Waals surface area contributed by atoms with Crippen molar-refractivity contribution in [2.45, 2.75) is 45.4 Å². The molecule has 1 saturated carbocycles. The van der Waals surface area contributed by atoms with Crippen molar-refractivity contribution in [1.82, 2.24) is 4.90 Å². The minimum Gasteiger partial charge on any atom is -0.363 e. The van der Waals surface area contributed by atoms with E-state index >= 15 is 0 Å².